The molecule has 0 aliphatic carbocycles. The number of rotatable bonds is 8. The highest BCUT2D eigenvalue weighted by Gasteiger charge is 2.12. The molecule has 0 amide bonds. The Kier molecular flexibility index (Phi) is 6.56. The highest BCUT2D eigenvalue weighted by Crippen LogP contribution is 2.25. The third kappa shape index (κ3) is 5.66. The number of ether oxygens (including phenoxy) is 1. The SMILES string of the molecule is CC(C)c1ccccc1OCC(O)CN(C)Cc1cccnc1. The molecule has 0 aliphatic rings. The summed E-state index contributed by atoms with van der Waals surface area (Å²) in [6, 6.07) is 12.0. The third-order valence-corrected chi connectivity index (χ3v) is 3.67. The zero-order chi connectivity index (χ0) is 16.7. The second-order valence-corrected chi connectivity index (χ2v) is 6.22. The molecule has 2 rings (SSSR count). The number of aliphatic hydroxyl groups excluding tert-OH is 1. The molecule has 4 heteroatoms. The first-order valence-corrected chi connectivity index (χ1v) is 8.03. The van der Waals surface area contributed by atoms with E-state index in [-0.39, 0.29) is 0 Å². The number of likely N-dealkylation sites (N-methyl/N-ethyl adjacent to an activating group) is 1. The quantitative estimate of drug-likeness (QED) is 0.813. The smallest absolute Gasteiger partial charge is 0.122 e. The van der Waals surface area contributed by atoms with Crippen LogP contribution in [0.4, 0.5) is 0 Å². The molecule has 0 spiro atoms. The summed E-state index contributed by atoms with van der Waals surface area (Å²) in [5.41, 5.74) is 2.30. The molecule has 1 N–H and O–H groups in total. The van der Waals surface area contributed by atoms with Crippen molar-refractivity contribution in [2.75, 3.05) is 20.2 Å². The van der Waals surface area contributed by atoms with Gasteiger partial charge in [0.1, 0.15) is 18.5 Å². The van der Waals surface area contributed by atoms with Crippen LogP contribution >= 0.6 is 0 Å². The Morgan fingerprint density at radius 3 is 2.65 bits per heavy atom. The number of aromatic nitrogens is 1. The van der Waals surface area contributed by atoms with Gasteiger partial charge in [0.25, 0.3) is 0 Å². The third-order valence-electron chi connectivity index (χ3n) is 3.67. The highest BCUT2D eigenvalue weighted by atomic mass is 16.5. The van der Waals surface area contributed by atoms with E-state index in [1.54, 1.807) is 6.20 Å². The molecule has 1 atom stereocenters. The van der Waals surface area contributed by atoms with Crippen LogP contribution in [0.1, 0.15) is 30.9 Å². The van der Waals surface area contributed by atoms with Crippen molar-refractivity contribution in [1.82, 2.24) is 9.88 Å². The summed E-state index contributed by atoms with van der Waals surface area (Å²) in [6.45, 7) is 5.88. The summed E-state index contributed by atoms with van der Waals surface area (Å²) < 4.78 is 5.82. The largest absolute Gasteiger partial charge is 0.491 e. The van der Waals surface area contributed by atoms with E-state index in [2.05, 4.69) is 29.8 Å². The number of pyridine rings is 1. The van der Waals surface area contributed by atoms with Crippen molar-refractivity contribution in [3.63, 3.8) is 0 Å². The number of aliphatic hydroxyl groups is 1. The lowest BCUT2D eigenvalue weighted by molar-refractivity contribution is 0.0739. The fraction of sp³-hybridized carbons (Fsp3) is 0.421. The predicted molar refractivity (Wildman–Crippen MR) is 92.6 cm³/mol. The van der Waals surface area contributed by atoms with Gasteiger partial charge in [-0.3, -0.25) is 9.88 Å². The Labute approximate surface area is 138 Å². The molecule has 0 bridgehead atoms. The second-order valence-electron chi connectivity index (χ2n) is 6.22. The van der Waals surface area contributed by atoms with Gasteiger partial charge in [0, 0.05) is 25.5 Å². The van der Waals surface area contributed by atoms with Crippen LogP contribution in [0.5, 0.6) is 5.75 Å². The molecular weight excluding hydrogens is 288 g/mol. The van der Waals surface area contributed by atoms with Gasteiger partial charge in [-0.15, -0.1) is 0 Å². The van der Waals surface area contributed by atoms with Crippen LogP contribution in [0.2, 0.25) is 0 Å². The minimum atomic E-state index is -0.531. The molecule has 1 aromatic carbocycles. The molecule has 1 aromatic heterocycles. The summed E-state index contributed by atoms with van der Waals surface area (Å²) in [5.74, 6) is 1.26. The maximum Gasteiger partial charge on any atom is 0.122 e. The average molecular weight is 314 g/mol. The van der Waals surface area contributed by atoms with Crippen LogP contribution in [0.3, 0.4) is 0 Å². The number of hydrogen-bond donors (Lipinski definition) is 1. The van der Waals surface area contributed by atoms with Gasteiger partial charge in [-0.05, 0) is 36.2 Å². The lowest BCUT2D eigenvalue weighted by Crippen LogP contribution is -2.32. The lowest BCUT2D eigenvalue weighted by atomic mass is 10.0. The summed E-state index contributed by atoms with van der Waals surface area (Å²) in [4.78, 5) is 6.17. The monoisotopic (exact) mass is 314 g/mol. The maximum absolute atomic E-state index is 10.2. The topological polar surface area (TPSA) is 45.6 Å². The van der Waals surface area contributed by atoms with E-state index in [1.807, 2.05) is 43.6 Å². The normalized spacial score (nSPS) is 12.6. The zero-order valence-electron chi connectivity index (χ0n) is 14.1. The number of nitrogens with zero attached hydrogens (tertiary/aromatic N) is 2. The molecule has 0 radical (unpaired) electrons. The molecule has 2 aromatic rings. The van der Waals surface area contributed by atoms with Crippen LogP contribution in [-0.4, -0.2) is 41.3 Å². The van der Waals surface area contributed by atoms with Crippen LogP contribution in [-0.2, 0) is 6.54 Å². The second kappa shape index (κ2) is 8.65. The van der Waals surface area contributed by atoms with Crippen LogP contribution < -0.4 is 4.74 Å². The first kappa shape index (κ1) is 17.4. The maximum atomic E-state index is 10.2. The van der Waals surface area contributed by atoms with E-state index < -0.39 is 6.10 Å². The predicted octanol–water partition coefficient (Wildman–Crippen LogP) is 3.08. The van der Waals surface area contributed by atoms with E-state index in [0.717, 1.165) is 17.9 Å². The molecular formula is C19H26N2O2. The summed E-state index contributed by atoms with van der Waals surface area (Å²) in [6.07, 6.45) is 3.08. The van der Waals surface area contributed by atoms with Crippen molar-refractivity contribution >= 4 is 0 Å². The van der Waals surface area contributed by atoms with E-state index in [1.165, 1.54) is 5.56 Å². The molecule has 1 unspecified atom stereocenters. The van der Waals surface area contributed by atoms with Crippen molar-refractivity contribution in [3.8, 4) is 5.75 Å². The van der Waals surface area contributed by atoms with Crippen molar-refractivity contribution in [1.29, 1.82) is 0 Å². The number of para-hydroxylation sites is 1. The van der Waals surface area contributed by atoms with Crippen molar-refractivity contribution in [2.45, 2.75) is 32.4 Å². The Balaban J connectivity index is 1.82. The first-order chi connectivity index (χ1) is 11.1. The fourth-order valence-electron chi connectivity index (χ4n) is 2.56. The van der Waals surface area contributed by atoms with Crippen molar-refractivity contribution in [3.05, 3.63) is 59.9 Å². The summed E-state index contributed by atoms with van der Waals surface area (Å²) >= 11 is 0. The molecule has 0 fully saturated rings. The van der Waals surface area contributed by atoms with Crippen molar-refractivity contribution in [2.24, 2.45) is 0 Å². The molecule has 124 valence electrons. The van der Waals surface area contributed by atoms with Gasteiger partial charge in [0.05, 0.1) is 0 Å². The standard InChI is InChI=1S/C19H26N2O2/c1-15(2)18-8-4-5-9-19(18)23-14-17(22)13-21(3)12-16-7-6-10-20-11-16/h4-11,15,17,22H,12-14H2,1-3H3. The molecule has 0 aliphatic heterocycles. The minimum absolute atomic E-state index is 0.293. The number of benzene rings is 1. The molecule has 23 heavy (non-hydrogen) atoms. The van der Waals surface area contributed by atoms with E-state index in [0.29, 0.717) is 19.1 Å². The fourth-order valence-corrected chi connectivity index (χ4v) is 2.56. The lowest BCUT2D eigenvalue weighted by Gasteiger charge is -2.21. The zero-order valence-corrected chi connectivity index (χ0v) is 14.1. The van der Waals surface area contributed by atoms with Gasteiger partial charge in [-0.25, -0.2) is 0 Å². The van der Waals surface area contributed by atoms with Crippen molar-refractivity contribution < 1.29 is 9.84 Å². The molecule has 0 saturated heterocycles. The van der Waals surface area contributed by atoms with Gasteiger partial charge >= 0.3 is 0 Å². The van der Waals surface area contributed by atoms with Gasteiger partial charge in [-0.2, -0.15) is 0 Å². The number of hydrogen-bond acceptors (Lipinski definition) is 4. The Morgan fingerprint density at radius 2 is 1.96 bits per heavy atom. The average Bonchev–Trinajstić information content (AvgIpc) is 2.54. The summed E-state index contributed by atoms with van der Waals surface area (Å²) in [5, 5.41) is 10.2. The highest BCUT2D eigenvalue weighted by molar-refractivity contribution is 5.35. The van der Waals surface area contributed by atoms with E-state index in [4.69, 9.17) is 4.74 Å². The van der Waals surface area contributed by atoms with Gasteiger partial charge in [0.15, 0.2) is 0 Å². The van der Waals surface area contributed by atoms with E-state index in [9.17, 15) is 5.11 Å². The van der Waals surface area contributed by atoms with Gasteiger partial charge in [-0.1, -0.05) is 38.1 Å². The van der Waals surface area contributed by atoms with Crippen LogP contribution in [0.15, 0.2) is 48.8 Å². The Morgan fingerprint density at radius 1 is 1.17 bits per heavy atom. The van der Waals surface area contributed by atoms with Gasteiger partial charge in [0.2, 0.25) is 0 Å². The van der Waals surface area contributed by atoms with Gasteiger partial charge < -0.3 is 9.84 Å². The molecule has 1 heterocycles. The first-order valence-electron chi connectivity index (χ1n) is 8.03. The molecule has 4 nitrogen and oxygen atoms in total. The Hall–Kier alpha value is -1.91. The van der Waals surface area contributed by atoms with E-state index >= 15 is 0 Å². The molecule has 0 saturated carbocycles. The van der Waals surface area contributed by atoms with Crippen LogP contribution in [0, 0.1) is 0 Å². The van der Waals surface area contributed by atoms with Crippen LogP contribution in [0.25, 0.3) is 0 Å². The minimum Gasteiger partial charge on any atom is -0.491 e. The Bertz CT molecular complexity index is 587. The summed E-state index contributed by atoms with van der Waals surface area (Å²) in [7, 11) is 1.98.